The van der Waals surface area contributed by atoms with Crippen molar-refractivity contribution < 1.29 is 14.3 Å². The van der Waals surface area contributed by atoms with E-state index in [0.29, 0.717) is 6.54 Å². The lowest BCUT2D eigenvalue weighted by molar-refractivity contribution is -0.205. The molecule has 0 radical (unpaired) electrons. The van der Waals surface area contributed by atoms with Crippen LogP contribution in [-0.2, 0) is 14.3 Å². The van der Waals surface area contributed by atoms with Gasteiger partial charge in [0.05, 0.1) is 17.6 Å². The normalized spacial score (nSPS) is 36.2. The second kappa shape index (κ2) is 4.82. The predicted octanol–water partition coefficient (Wildman–Crippen LogP) is 2.00. The van der Waals surface area contributed by atoms with Crippen molar-refractivity contribution in [3.8, 4) is 0 Å². The van der Waals surface area contributed by atoms with Gasteiger partial charge < -0.3 is 15.2 Å². The number of carbonyl (C=O) groups excluding carboxylic acids is 1. The number of nitrogens with two attached hydrogens (primary N) is 1. The second-order valence-electron chi connectivity index (χ2n) is 6.69. The number of esters is 1. The monoisotopic (exact) mass is 255 g/mol. The Morgan fingerprint density at radius 1 is 1.44 bits per heavy atom. The lowest BCUT2D eigenvalue weighted by Gasteiger charge is -2.51. The molecular formula is C14H25NO3. The quantitative estimate of drug-likeness (QED) is 0.767. The Kier molecular flexibility index (Phi) is 3.70. The van der Waals surface area contributed by atoms with Crippen LogP contribution in [0.15, 0.2) is 0 Å². The minimum Gasteiger partial charge on any atom is -0.460 e. The molecule has 4 heteroatoms. The van der Waals surface area contributed by atoms with E-state index in [1.807, 2.05) is 20.8 Å². The van der Waals surface area contributed by atoms with E-state index in [1.165, 1.54) is 0 Å². The molecule has 1 heterocycles. The maximum atomic E-state index is 11.9. The molecule has 2 N–H and O–H groups in total. The highest BCUT2D eigenvalue weighted by Crippen LogP contribution is 2.48. The average Bonchev–Trinajstić information content (AvgIpc) is 2.23. The SMILES string of the molecule is CC(C)(C)OC(=O)C1CC2(CCCC(CN)O2)C1. The largest absolute Gasteiger partial charge is 0.460 e. The molecule has 2 aliphatic rings. The summed E-state index contributed by atoms with van der Waals surface area (Å²) in [5.74, 6) is -0.0626. The number of rotatable bonds is 2. The summed E-state index contributed by atoms with van der Waals surface area (Å²) < 4.78 is 11.4. The van der Waals surface area contributed by atoms with Crippen molar-refractivity contribution in [2.75, 3.05) is 6.54 Å². The first-order valence-corrected chi connectivity index (χ1v) is 6.94. The van der Waals surface area contributed by atoms with Crippen LogP contribution in [0.25, 0.3) is 0 Å². The van der Waals surface area contributed by atoms with Gasteiger partial charge in [0, 0.05) is 6.54 Å². The zero-order valence-corrected chi connectivity index (χ0v) is 11.7. The van der Waals surface area contributed by atoms with Crippen molar-refractivity contribution in [1.29, 1.82) is 0 Å². The van der Waals surface area contributed by atoms with Crippen LogP contribution in [-0.4, -0.2) is 29.8 Å². The van der Waals surface area contributed by atoms with Crippen molar-refractivity contribution in [2.24, 2.45) is 11.7 Å². The summed E-state index contributed by atoms with van der Waals surface area (Å²) in [6.45, 7) is 6.29. The predicted molar refractivity (Wildman–Crippen MR) is 69.1 cm³/mol. The van der Waals surface area contributed by atoms with Crippen LogP contribution in [0.3, 0.4) is 0 Å². The first-order valence-electron chi connectivity index (χ1n) is 6.94. The molecule has 0 aromatic rings. The Balaban J connectivity index is 1.84. The van der Waals surface area contributed by atoms with Gasteiger partial charge in [0.1, 0.15) is 5.60 Å². The van der Waals surface area contributed by atoms with Crippen molar-refractivity contribution in [3.05, 3.63) is 0 Å². The fourth-order valence-electron chi connectivity index (χ4n) is 2.98. The molecule has 1 atom stereocenters. The molecule has 1 saturated heterocycles. The van der Waals surface area contributed by atoms with Gasteiger partial charge in [-0.1, -0.05) is 0 Å². The van der Waals surface area contributed by atoms with Gasteiger partial charge in [-0.15, -0.1) is 0 Å². The fourth-order valence-corrected chi connectivity index (χ4v) is 2.98. The number of hydrogen-bond acceptors (Lipinski definition) is 4. The molecule has 1 unspecified atom stereocenters. The van der Waals surface area contributed by atoms with Crippen LogP contribution in [0.1, 0.15) is 52.9 Å². The summed E-state index contributed by atoms with van der Waals surface area (Å²) in [6.07, 6.45) is 5.05. The molecule has 4 nitrogen and oxygen atoms in total. The first kappa shape index (κ1) is 13.8. The number of carbonyl (C=O) groups is 1. The van der Waals surface area contributed by atoms with Crippen molar-refractivity contribution in [3.63, 3.8) is 0 Å². The summed E-state index contributed by atoms with van der Waals surface area (Å²) in [7, 11) is 0. The van der Waals surface area contributed by atoms with Gasteiger partial charge in [-0.25, -0.2) is 0 Å². The van der Waals surface area contributed by atoms with E-state index in [-0.39, 0.29) is 23.6 Å². The highest BCUT2D eigenvalue weighted by atomic mass is 16.6. The minimum absolute atomic E-state index is 0.0146. The lowest BCUT2D eigenvalue weighted by atomic mass is 9.67. The van der Waals surface area contributed by atoms with Gasteiger partial charge in [0.15, 0.2) is 0 Å². The van der Waals surface area contributed by atoms with Crippen LogP contribution in [0.5, 0.6) is 0 Å². The summed E-state index contributed by atoms with van der Waals surface area (Å²) in [6, 6.07) is 0. The van der Waals surface area contributed by atoms with Crippen molar-refractivity contribution >= 4 is 5.97 Å². The highest BCUT2D eigenvalue weighted by molar-refractivity contribution is 5.74. The third kappa shape index (κ3) is 3.04. The van der Waals surface area contributed by atoms with E-state index in [1.54, 1.807) is 0 Å². The van der Waals surface area contributed by atoms with E-state index in [0.717, 1.165) is 32.1 Å². The van der Waals surface area contributed by atoms with E-state index < -0.39 is 5.60 Å². The van der Waals surface area contributed by atoms with Gasteiger partial charge >= 0.3 is 5.97 Å². The first-order chi connectivity index (χ1) is 8.34. The maximum Gasteiger partial charge on any atom is 0.309 e. The standard InChI is InChI=1S/C14H25NO3/c1-13(2,3)18-12(16)10-7-14(8-10)6-4-5-11(9-15)17-14/h10-11H,4-9,15H2,1-3H3. The topological polar surface area (TPSA) is 61.5 Å². The molecule has 0 amide bonds. The molecule has 0 bridgehead atoms. The van der Waals surface area contributed by atoms with Crippen LogP contribution < -0.4 is 5.73 Å². The molecule has 104 valence electrons. The maximum absolute atomic E-state index is 11.9. The summed E-state index contributed by atoms with van der Waals surface area (Å²) in [5.41, 5.74) is 5.19. The molecule has 0 aromatic heterocycles. The van der Waals surface area contributed by atoms with E-state index in [9.17, 15) is 4.79 Å². The van der Waals surface area contributed by atoms with Crippen molar-refractivity contribution in [1.82, 2.24) is 0 Å². The Bertz CT molecular complexity index is 315. The Morgan fingerprint density at radius 3 is 2.67 bits per heavy atom. The number of ether oxygens (including phenoxy) is 2. The van der Waals surface area contributed by atoms with E-state index in [2.05, 4.69) is 0 Å². The third-order valence-electron chi connectivity index (χ3n) is 3.81. The van der Waals surface area contributed by atoms with Crippen molar-refractivity contribution in [2.45, 2.75) is 70.2 Å². The molecule has 0 aromatic carbocycles. The van der Waals surface area contributed by atoms with Gasteiger partial charge in [0.2, 0.25) is 0 Å². The minimum atomic E-state index is -0.396. The molecule has 1 aliphatic heterocycles. The van der Waals surface area contributed by atoms with Gasteiger partial charge in [-0.05, 0) is 52.9 Å². The molecule has 1 saturated carbocycles. The molecule has 2 fully saturated rings. The van der Waals surface area contributed by atoms with Crippen LogP contribution >= 0.6 is 0 Å². The Hall–Kier alpha value is -0.610. The van der Waals surface area contributed by atoms with Crippen LogP contribution in [0, 0.1) is 5.92 Å². The number of hydrogen-bond donors (Lipinski definition) is 1. The molecule has 1 aliphatic carbocycles. The average molecular weight is 255 g/mol. The summed E-state index contributed by atoms with van der Waals surface area (Å²) >= 11 is 0. The zero-order chi connectivity index (χ0) is 13.4. The lowest BCUT2D eigenvalue weighted by Crippen LogP contribution is -2.54. The van der Waals surface area contributed by atoms with Crippen LogP contribution in [0.4, 0.5) is 0 Å². The summed E-state index contributed by atoms with van der Waals surface area (Å²) in [4.78, 5) is 11.9. The third-order valence-corrected chi connectivity index (χ3v) is 3.81. The van der Waals surface area contributed by atoms with Crippen LogP contribution in [0.2, 0.25) is 0 Å². The van der Waals surface area contributed by atoms with Gasteiger partial charge in [-0.2, -0.15) is 0 Å². The fraction of sp³-hybridized carbons (Fsp3) is 0.929. The van der Waals surface area contributed by atoms with E-state index >= 15 is 0 Å². The molecule has 1 spiro atoms. The van der Waals surface area contributed by atoms with Gasteiger partial charge in [-0.3, -0.25) is 4.79 Å². The van der Waals surface area contributed by atoms with E-state index in [4.69, 9.17) is 15.2 Å². The molecule has 18 heavy (non-hydrogen) atoms. The molecule has 2 rings (SSSR count). The summed E-state index contributed by atoms with van der Waals surface area (Å²) in [5, 5.41) is 0. The Labute approximate surface area is 109 Å². The zero-order valence-electron chi connectivity index (χ0n) is 11.7. The Morgan fingerprint density at radius 2 is 2.11 bits per heavy atom. The smallest absolute Gasteiger partial charge is 0.309 e. The van der Waals surface area contributed by atoms with Gasteiger partial charge in [0.25, 0.3) is 0 Å². The highest BCUT2D eigenvalue weighted by Gasteiger charge is 2.51. The molecular weight excluding hydrogens is 230 g/mol. The second-order valence-corrected chi connectivity index (χ2v) is 6.69.